The molecule has 0 fully saturated rings. The average molecular weight is 314 g/mol. The molecule has 2 rings (SSSR count). The van der Waals surface area contributed by atoms with Gasteiger partial charge in [0, 0.05) is 9.13 Å². The van der Waals surface area contributed by atoms with Gasteiger partial charge in [-0.1, -0.05) is 12.1 Å². The van der Waals surface area contributed by atoms with Crippen molar-refractivity contribution in [2.75, 3.05) is 0 Å². The molecule has 0 N–H and O–H groups in total. The molecule has 76 valence electrons. The first kappa shape index (κ1) is 10.2. The van der Waals surface area contributed by atoms with Crippen LogP contribution in [0.2, 0.25) is 0 Å². The summed E-state index contributed by atoms with van der Waals surface area (Å²) in [4.78, 5) is 13.2. The van der Waals surface area contributed by atoms with Gasteiger partial charge < -0.3 is 0 Å². The predicted molar refractivity (Wildman–Crippen MR) is 61.4 cm³/mol. The molecule has 6 heteroatoms. The lowest BCUT2D eigenvalue weighted by molar-refractivity contribution is 0.102. The van der Waals surface area contributed by atoms with Gasteiger partial charge in [0.1, 0.15) is 0 Å². The number of nitrogens with zero attached hydrogens (tertiary/aromatic N) is 4. The molecule has 0 aliphatic carbocycles. The number of benzene rings is 1. The molecule has 15 heavy (non-hydrogen) atoms. The van der Waals surface area contributed by atoms with Gasteiger partial charge in [0.25, 0.3) is 0 Å². The third-order valence-electron chi connectivity index (χ3n) is 1.83. The maximum absolute atomic E-state index is 11.9. The molecule has 5 nitrogen and oxygen atoms in total. The molecule has 0 amide bonds. The third kappa shape index (κ3) is 2.04. The maximum atomic E-state index is 11.9. The van der Waals surface area contributed by atoms with Crippen LogP contribution in [0.3, 0.4) is 0 Å². The zero-order valence-electron chi connectivity index (χ0n) is 7.88. The molecule has 0 aliphatic rings. The van der Waals surface area contributed by atoms with Crippen LogP contribution in [0, 0.1) is 3.57 Å². The molecule has 2 aromatic rings. The summed E-state index contributed by atoms with van der Waals surface area (Å²) in [6, 6.07) is 7.30. The van der Waals surface area contributed by atoms with E-state index in [1.165, 1.54) is 4.80 Å². The number of rotatable bonds is 2. The number of hydrogen-bond donors (Lipinski definition) is 0. The standard InChI is InChI=1S/C9H7IN4O/c1-14-12-9(11-13-14)8(15)6-4-2-3-5-7(6)10/h2-5H,1H3. The SMILES string of the molecule is Cn1nnc(C(=O)c2ccccc2I)n1. The summed E-state index contributed by atoms with van der Waals surface area (Å²) < 4.78 is 0.882. The number of ketones is 1. The van der Waals surface area contributed by atoms with Crippen molar-refractivity contribution in [3.63, 3.8) is 0 Å². The lowest BCUT2D eigenvalue weighted by atomic mass is 10.1. The van der Waals surface area contributed by atoms with Crippen LogP contribution in [0.1, 0.15) is 16.2 Å². The van der Waals surface area contributed by atoms with Gasteiger partial charge in [0.05, 0.1) is 7.05 Å². The van der Waals surface area contributed by atoms with Crippen LogP contribution in [0.5, 0.6) is 0 Å². The van der Waals surface area contributed by atoms with Crippen LogP contribution in [-0.4, -0.2) is 26.0 Å². The molecule has 1 aromatic carbocycles. The summed E-state index contributed by atoms with van der Waals surface area (Å²) in [7, 11) is 1.62. The maximum Gasteiger partial charge on any atom is 0.245 e. The predicted octanol–water partition coefficient (Wildman–Crippen LogP) is 1.05. The highest BCUT2D eigenvalue weighted by Crippen LogP contribution is 2.13. The average Bonchev–Trinajstić information content (AvgIpc) is 2.65. The first-order chi connectivity index (χ1) is 7.18. The van der Waals surface area contributed by atoms with Gasteiger partial charge in [-0.2, -0.15) is 4.80 Å². The molecular weight excluding hydrogens is 307 g/mol. The Kier molecular flexibility index (Phi) is 2.76. The van der Waals surface area contributed by atoms with Gasteiger partial charge in [-0.05, 0) is 39.9 Å². The lowest BCUT2D eigenvalue weighted by Gasteiger charge is -1.98. The largest absolute Gasteiger partial charge is 0.285 e. The quantitative estimate of drug-likeness (QED) is 0.614. The van der Waals surface area contributed by atoms with E-state index in [4.69, 9.17) is 0 Å². The Balaban J connectivity index is 2.41. The molecule has 0 radical (unpaired) electrons. The molecule has 0 saturated heterocycles. The Morgan fingerprint density at radius 1 is 1.40 bits per heavy atom. The molecule has 0 unspecified atom stereocenters. The van der Waals surface area contributed by atoms with E-state index in [0.717, 1.165) is 3.57 Å². The van der Waals surface area contributed by atoms with Gasteiger partial charge in [0.2, 0.25) is 11.6 Å². The lowest BCUT2D eigenvalue weighted by Crippen LogP contribution is -2.06. The molecule has 0 spiro atoms. The summed E-state index contributed by atoms with van der Waals surface area (Å²) in [6.45, 7) is 0. The second-order valence-electron chi connectivity index (χ2n) is 2.91. The minimum Gasteiger partial charge on any atom is -0.285 e. The number of carbonyl (C=O) groups is 1. The van der Waals surface area contributed by atoms with E-state index in [1.54, 1.807) is 13.1 Å². The van der Waals surface area contributed by atoms with Gasteiger partial charge in [0.15, 0.2) is 0 Å². The smallest absolute Gasteiger partial charge is 0.245 e. The molecule has 0 bridgehead atoms. The Hall–Kier alpha value is -1.31. The first-order valence-corrected chi connectivity index (χ1v) is 5.29. The minimum atomic E-state index is -0.201. The van der Waals surface area contributed by atoms with Crippen LogP contribution < -0.4 is 0 Å². The Morgan fingerprint density at radius 2 is 2.13 bits per heavy atom. The number of hydrogen-bond acceptors (Lipinski definition) is 4. The fraction of sp³-hybridized carbons (Fsp3) is 0.111. The minimum absolute atomic E-state index is 0.126. The van der Waals surface area contributed by atoms with Crippen molar-refractivity contribution in [3.05, 3.63) is 39.2 Å². The first-order valence-electron chi connectivity index (χ1n) is 4.21. The van der Waals surface area contributed by atoms with E-state index in [0.29, 0.717) is 5.56 Å². The Labute approximate surface area is 99.6 Å². The summed E-state index contributed by atoms with van der Waals surface area (Å²) in [5.74, 6) is -0.0743. The van der Waals surface area contributed by atoms with Crippen molar-refractivity contribution in [1.29, 1.82) is 0 Å². The van der Waals surface area contributed by atoms with Crippen LogP contribution in [0.15, 0.2) is 24.3 Å². The molecule has 0 saturated carbocycles. The van der Waals surface area contributed by atoms with Gasteiger partial charge >= 0.3 is 0 Å². The normalized spacial score (nSPS) is 10.3. The van der Waals surface area contributed by atoms with E-state index < -0.39 is 0 Å². The summed E-state index contributed by atoms with van der Waals surface area (Å²) in [5.41, 5.74) is 0.603. The Morgan fingerprint density at radius 3 is 2.73 bits per heavy atom. The van der Waals surface area contributed by atoms with E-state index in [9.17, 15) is 4.79 Å². The highest BCUT2D eigenvalue weighted by Gasteiger charge is 2.16. The summed E-state index contributed by atoms with van der Waals surface area (Å²) >= 11 is 2.11. The van der Waals surface area contributed by atoms with Crippen LogP contribution >= 0.6 is 22.6 Å². The zero-order valence-corrected chi connectivity index (χ0v) is 10.0. The molecule has 1 aromatic heterocycles. The number of carbonyl (C=O) groups excluding carboxylic acids is 1. The molecule has 1 heterocycles. The van der Waals surface area contributed by atoms with Gasteiger partial charge in [-0.25, -0.2) is 0 Å². The highest BCUT2D eigenvalue weighted by atomic mass is 127. The number of aryl methyl sites for hydroxylation is 1. The monoisotopic (exact) mass is 314 g/mol. The van der Waals surface area contributed by atoms with Crippen molar-refractivity contribution in [2.45, 2.75) is 0 Å². The van der Waals surface area contributed by atoms with Gasteiger partial charge in [-0.3, -0.25) is 4.79 Å². The van der Waals surface area contributed by atoms with E-state index in [-0.39, 0.29) is 11.6 Å². The second-order valence-corrected chi connectivity index (χ2v) is 4.07. The summed E-state index contributed by atoms with van der Waals surface area (Å²) in [6.07, 6.45) is 0. The van der Waals surface area contributed by atoms with Crippen molar-refractivity contribution < 1.29 is 4.79 Å². The van der Waals surface area contributed by atoms with Crippen LogP contribution in [0.4, 0.5) is 0 Å². The molecule has 0 atom stereocenters. The number of aromatic nitrogens is 4. The topological polar surface area (TPSA) is 60.7 Å². The highest BCUT2D eigenvalue weighted by molar-refractivity contribution is 14.1. The fourth-order valence-electron chi connectivity index (χ4n) is 1.14. The zero-order chi connectivity index (χ0) is 10.8. The van der Waals surface area contributed by atoms with Crippen molar-refractivity contribution in [1.82, 2.24) is 20.2 Å². The molecule has 0 aliphatic heterocycles. The van der Waals surface area contributed by atoms with Crippen LogP contribution in [0.25, 0.3) is 0 Å². The van der Waals surface area contributed by atoms with Crippen molar-refractivity contribution in [2.24, 2.45) is 7.05 Å². The van der Waals surface area contributed by atoms with E-state index >= 15 is 0 Å². The van der Waals surface area contributed by atoms with E-state index in [2.05, 4.69) is 38.0 Å². The second kappa shape index (κ2) is 4.05. The van der Waals surface area contributed by atoms with Gasteiger partial charge in [-0.15, -0.1) is 10.2 Å². The van der Waals surface area contributed by atoms with Crippen molar-refractivity contribution >= 4 is 28.4 Å². The molecular formula is C9H7IN4O. The number of tetrazole rings is 1. The van der Waals surface area contributed by atoms with Crippen molar-refractivity contribution in [3.8, 4) is 0 Å². The van der Waals surface area contributed by atoms with Crippen LogP contribution in [-0.2, 0) is 7.05 Å². The number of halogens is 1. The summed E-state index contributed by atoms with van der Waals surface area (Å²) in [5, 5.41) is 11.2. The third-order valence-corrected chi connectivity index (χ3v) is 2.77. The fourth-order valence-corrected chi connectivity index (χ4v) is 1.77. The van der Waals surface area contributed by atoms with E-state index in [1.807, 2.05) is 18.2 Å². The Bertz CT molecular complexity index is 508.